The first-order valence-corrected chi connectivity index (χ1v) is 4.50. The molecule has 78 valence electrons. The van der Waals surface area contributed by atoms with Crippen LogP contribution >= 0.6 is 0 Å². The van der Waals surface area contributed by atoms with Gasteiger partial charge in [-0.15, -0.1) is 0 Å². The van der Waals surface area contributed by atoms with Crippen molar-refractivity contribution in [1.29, 1.82) is 0 Å². The van der Waals surface area contributed by atoms with Gasteiger partial charge in [0.25, 0.3) is 0 Å². The maximum Gasteiger partial charge on any atom is 0.346 e. The highest BCUT2D eigenvalue weighted by atomic mass is 16.6. The second-order valence-corrected chi connectivity index (χ2v) is 3.56. The third-order valence-electron chi connectivity index (χ3n) is 2.52. The zero-order chi connectivity index (χ0) is 11.1. The summed E-state index contributed by atoms with van der Waals surface area (Å²) < 4.78 is 9.70. The van der Waals surface area contributed by atoms with Crippen LogP contribution < -0.4 is 0 Å². The average Bonchev–Trinajstić information content (AvgIpc) is 2.37. The summed E-state index contributed by atoms with van der Waals surface area (Å²) in [6.45, 7) is 1.83. The lowest BCUT2D eigenvalue weighted by Crippen LogP contribution is -2.20. The molecule has 0 atom stereocenters. The van der Waals surface area contributed by atoms with Gasteiger partial charge in [0.15, 0.2) is 0 Å². The molecule has 0 spiro atoms. The summed E-state index contributed by atoms with van der Waals surface area (Å²) in [5.74, 6) is -1.20. The number of ether oxygens (including phenoxy) is 2. The van der Waals surface area contributed by atoms with Crippen molar-refractivity contribution in [1.82, 2.24) is 0 Å². The van der Waals surface area contributed by atoms with E-state index in [1.54, 1.807) is 31.4 Å². The van der Waals surface area contributed by atoms with Crippen molar-refractivity contribution in [2.45, 2.75) is 12.5 Å². The minimum absolute atomic E-state index is 0.289. The molecule has 0 aromatic carbocycles. The van der Waals surface area contributed by atoms with Crippen LogP contribution in [-0.4, -0.2) is 24.6 Å². The summed E-state index contributed by atoms with van der Waals surface area (Å²) >= 11 is 0. The van der Waals surface area contributed by atoms with Gasteiger partial charge in [-0.25, -0.2) is 9.59 Å². The maximum absolute atomic E-state index is 11.2. The van der Waals surface area contributed by atoms with Gasteiger partial charge in [-0.3, -0.25) is 0 Å². The van der Waals surface area contributed by atoms with Crippen LogP contribution in [0.2, 0.25) is 0 Å². The molecule has 2 aliphatic rings. The van der Waals surface area contributed by atoms with Gasteiger partial charge in [0.05, 0.1) is 11.1 Å². The smallest absolute Gasteiger partial charge is 0.346 e. The highest BCUT2D eigenvalue weighted by molar-refractivity contribution is 6.15. The molecule has 0 saturated heterocycles. The molecule has 0 radical (unpaired) electrons. The van der Waals surface area contributed by atoms with Crippen LogP contribution in [0, 0.1) is 0 Å². The number of hydrogen-bond donors (Lipinski definition) is 0. The second-order valence-electron chi connectivity index (χ2n) is 3.56. The van der Waals surface area contributed by atoms with E-state index in [-0.39, 0.29) is 11.1 Å². The summed E-state index contributed by atoms with van der Waals surface area (Å²) in [4.78, 5) is 22.5. The van der Waals surface area contributed by atoms with Crippen LogP contribution in [0.15, 0.2) is 35.5 Å². The normalized spacial score (nSPS) is 22.8. The van der Waals surface area contributed by atoms with Crippen molar-refractivity contribution in [2.24, 2.45) is 0 Å². The summed E-state index contributed by atoms with van der Waals surface area (Å²) in [6, 6.07) is 0. The molecule has 0 saturated carbocycles. The molecule has 0 fully saturated rings. The number of carbonyl (C=O) groups excluding carboxylic acids is 2. The van der Waals surface area contributed by atoms with Gasteiger partial charge in [0, 0.05) is 7.11 Å². The summed E-state index contributed by atoms with van der Waals surface area (Å²) in [5, 5.41) is 0. The molecule has 0 aromatic heterocycles. The van der Waals surface area contributed by atoms with Crippen LogP contribution in [0.25, 0.3) is 0 Å². The number of cyclic esters (lactones) is 2. The van der Waals surface area contributed by atoms with E-state index in [1.165, 1.54) is 0 Å². The predicted molar refractivity (Wildman–Crippen MR) is 51.8 cm³/mol. The van der Waals surface area contributed by atoms with E-state index in [9.17, 15) is 9.59 Å². The van der Waals surface area contributed by atoms with E-state index in [1.807, 2.05) is 6.92 Å². The second kappa shape index (κ2) is 3.17. The number of hydrogen-bond acceptors (Lipinski definition) is 4. The van der Waals surface area contributed by atoms with Crippen molar-refractivity contribution in [3.05, 3.63) is 35.5 Å². The van der Waals surface area contributed by atoms with E-state index in [2.05, 4.69) is 4.74 Å². The van der Waals surface area contributed by atoms with Crippen LogP contribution in [0.5, 0.6) is 0 Å². The Kier molecular flexibility index (Phi) is 2.08. The zero-order valence-electron chi connectivity index (χ0n) is 8.44. The third kappa shape index (κ3) is 1.53. The molecule has 0 bridgehead atoms. The molecule has 4 heteroatoms. The lowest BCUT2D eigenvalue weighted by molar-refractivity contribution is -0.150. The molecule has 4 nitrogen and oxygen atoms in total. The summed E-state index contributed by atoms with van der Waals surface area (Å²) in [7, 11) is 1.56. The Morgan fingerprint density at radius 3 is 2.00 bits per heavy atom. The van der Waals surface area contributed by atoms with Crippen LogP contribution in [0.1, 0.15) is 6.92 Å². The fraction of sp³-hybridized carbons (Fsp3) is 0.273. The van der Waals surface area contributed by atoms with Gasteiger partial charge in [-0.2, -0.15) is 0 Å². The lowest BCUT2D eigenvalue weighted by atomic mass is 10.1. The summed E-state index contributed by atoms with van der Waals surface area (Å²) in [6.07, 6.45) is 6.55. The zero-order valence-corrected chi connectivity index (χ0v) is 8.44. The monoisotopic (exact) mass is 206 g/mol. The van der Waals surface area contributed by atoms with Crippen molar-refractivity contribution in [3.8, 4) is 0 Å². The van der Waals surface area contributed by atoms with Crippen LogP contribution in [-0.2, 0) is 19.1 Å². The van der Waals surface area contributed by atoms with E-state index in [4.69, 9.17) is 4.74 Å². The predicted octanol–water partition coefficient (Wildman–Crippen LogP) is 0.897. The number of rotatable bonds is 1. The molecule has 1 aliphatic heterocycles. The Morgan fingerprint density at radius 2 is 1.60 bits per heavy atom. The quantitative estimate of drug-likeness (QED) is 0.472. The SMILES string of the molecule is COC1(C)C=CC2=C(C=C1)C(=O)OC2=O. The average molecular weight is 206 g/mol. The molecule has 15 heavy (non-hydrogen) atoms. The Labute approximate surface area is 86.9 Å². The number of methoxy groups -OCH3 is 1. The fourth-order valence-electron chi connectivity index (χ4n) is 1.42. The largest absolute Gasteiger partial charge is 0.386 e. The first-order valence-electron chi connectivity index (χ1n) is 4.50. The molecule has 0 aromatic rings. The molecule has 1 heterocycles. The van der Waals surface area contributed by atoms with Crippen LogP contribution in [0.4, 0.5) is 0 Å². The molecule has 1 aliphatic carbocycles. The standard InChI is InChI=1S/C11H10O4/c1-11(14-2)5-3-7-8(4-6-11)10(13)15-9(7)12/h3-6H,1-2H3. The highest BCUT2D eigenvalue weighted by Crippen LogP contribution is 2.26. The van der Waals surface area contributed by atoms with Crippen molar-refractivity contribution < 1.29 is 19.1 Å². The maximum atomic E-state index is 11.2. The Hall–Kier alpha value is -1.68. The van der Waals surface area contributed by atoms with Gasteiger partial charge in [0.2, 0.25) is 0 Å². The Balaban J connectivity index is 2.46. The summed E-state index contributed by atoms with van der Waals surface area (Å²) in [5.41, 5.74) is -0.0145. The van der Waals surface area contributed by atoms with Gasteiger partial charge in [-0.05, 0) is 31.2 Å². The fourth-order valence-corrected chi connectivity index (χ4v) is 1.42. The van der Waals surface area contributed by atoms with Gasteiger partial charge in [-0.1, -0.05) is 0 Å². The first kappa shape index (κ1) is 9.86. The van der Waals surface area contributed by atoms with Gasteiger partial charge >= 0.3 is 11.9 Å². The molecule has 2 rings (SSSR count). The van der Waals surface area contributed by atoms with Gasteiger partial charge in [0.1, 0.15) is 5.60 Å². The van der Waals surface area contributed by atoms with E-state index >= 15 is 0 Å². The molecular weight excluding hydrogens is 196 g/mol. The highest BCUT2D eigenvalue weighted by Gasteiger charge is 2.32. The van der Waals surface area contributed by atoms with E-state index < -0.39 is 17.5 Å². The minimum Gasteiger partial charge on any atom is -0.386 e. The molecule has 0 amide bonds. The molecule has 0 N–H and O–H groups in total. The number of esters is 2. The first-order chi connectivity index (χ1) is 7.06. The van der Waals surface area contributed by atoms with Crippen molar-refractivity contribution in [2.75, 3.05) is 7.11 Å². The van der Waals surface area contributed by atoms with E-state index in [0.717, 1.165) is 0 Å². The molecular formula is C11H10O4. The Morgan fingerprint density at radius 1 is 1.13 bits per heavy atom. The topological polar surface area (TPSA) is 52.6 Å². The van der Waals surface area contributed by atoms with Crippen LogP contribution in [0.3, 0.4) is 0 Å². The third-order valence-corrected chi connectivity index (χ3v) is 2.52. The van der Waals surface area contributed by atoms with E-state index in [0.29, 0.717) is 0 Å². The van der Waals surface area contributed by atoms with Crippen molar-refractivity contribution in [3.63, 3.8) is 0 Å². The number of carbonyl (C=O) groups is 2. The minimum atomic E-state index is -0.601. The molecule has 0 unspecified atom stereocenters. The Bertz CT molecular complexity index is 392. The lowest BCUT2D eigenvalue weighted by Gasteiger charge is -2.18. The van der Waals surface area contributed by atoms with Crippen molar-refractivity contribution >= 4 is 11.9 Å². The van der Waals surface area contributed by atoms with Gasteiger partial charge < -0.3 is 9.47 Å².